The highest BCUT2D eigenvalue weighted by Gasteiger charge is 2.34. The van der Waals surface area contributed by atoms with Crippen molar-refractivity contribution in [3.63, 3.8) is 0 Å². The van der Waals surface area contributed by atoms with Gasteiger partial charge in [-0.1, -0.05) is 17.7 Å². The second-order valence-corrected chi connectivity index (χ2v) is 14.7. The molecule has 2 fully saturated rings. The van der Waals surface area contributed by atoms with Crippen LogP contribution >= 0.6 is 11.6 Å². The number of methoxy groups -OCH3 is 1. The van der Waals surface area contributed by atoms with Gasteiger partial charge in [0.15, 0.2) is 0 Å². The van der Waals surface area contributed by atoms with Crippen molar-refractivity contribution in [2.45, 2.75) is 103 Å². The number of halogens is 1. The SMILES string of the molecule is COc1ccc(C2CCC(CN(C(=O)C3CCC(OC(=O)NCC(C)(C)O)CC3)c3cc(-c4cnn(C(C)C)c4)ccn3)CC2)cc1Cl. The Morgan fingerprint density at radius 3 is 2.42 bits per heavy atom. The van der Waals surface area contributed by atoms with Crippen LogP contribution < -0.4 is 15.0 Å². The average Bonchev–Trinajstić information content (AvgIpc) is 3.58. The van der Waals surface area contributed by atoms with E-state index in [0.29, 0.717) is 60.7 Å². The van der Waals surface area contributed by atoms with Gasteiger partial charge in [-0.2, -0.15) is 5.10 Å². The molecular weight excluding hydrogens is 630 g/mol. The van der Waals surface area contributed by atoms with Gasteiger partial charge in [-0.3, -0.25) is 14.4 Å². The number of pyridine rings is 1. The lowest BCUT2D eigenvalue weighted by Gasteiger charge is -2.35. The molecule has 0 atom stereocenters. The first-order valence-electron chi connectivity index (χ1n) is 17.2. The Balaban J connectivity index is 1.28. The normalized spacial score (nSPS) is 21.5. The van der Waals surface area contributed by atoms with Crippen LogP contribution in [-0.2, 0) is 9.53 Å². The standard InChI is InChI=1S/C37H50ClN5O5/c1-24(2)43-22-30(20-41-43)29-16-17-39-34(19-29)42(21-25-6-8-26(9-7-25)28-12-15-33(47-5)32(38)18-28)35(44)27-10-13-31(14-11-27)48-36(45)40-23-37(3,4)46/h12,15-20,22,24-27,31,46H,6-11,13-14,21,23H2,1-5H3,(H,40,45). The summed E-state index contributed by atoms with van der Waals surface area (Å²) >= 11 is 6.44. The predicted molar refractivity (Wildman–Crippen MR) is 187 cm³/mol. The van der Waals surface area contributed by atoms with Crippen molar-refractivity contribution in [2.24, 2.45) is 11.8 Å². The molecule has 0 aliphatic heterocycles. The second kappa shape index (κ2) is 15.7. The third-order valence-corrected chi connectivity index (χ3v) is 9.94. The molecule has 0 bridgehead atoms. The Labute approximate surface area is 289 Å². The summed E-state index contributed by atoms with van der Waals surface area (Å²) in [5, 5.41) is 17.7. The van der Waals surface area contributed by atoms with E-state index in [2.05, 4.69) is 30.3 Å². The van der Waals surface area contributed by atoms with Crippen LogP contribution in [0.25, 0.3) is 11.1 Å². The molecule has 0 radical (unpaired) electrons. The Kier molecular flexibility index (Phi) is 11.7. The minimum Gasteiger partial charge on any atom is -0.495 e. The van der Waals surface area contributed by atoms with Gasteiger partial charge in [-0.15, -0.1) is 0 Å². The molecule has 10 nitrogen and oxygen atoms in total. The molecule has 1 aromatic carbocycles. The van der Waals surface area contributed by atoms with Gasteiger partial charge in [0.2, 0.25) is 5.91 Å². The number of rotatable bonds is 11. The van der Waals surface area contributed by atoms with E-state index in [0.717, 1.165) is 36.8 Å². The fraction of sp³-hybridized carbons (Fsp3) is 0.568. The zero-order valence-electron chi connectivity index (χ0n) is 28.8. The summed E-state index contributed by atoms with van der Waals surface area (Å²) in [5.41, 5.74) is 2.17. The Morgan fingerprint density at radius 2 is 1.79 bits per heavy atom. The molecule has 3 aromatic rings. The predicted octanol–water partition coefficient (Wildman–Crippen LogP) is 7.55. The number of aromatic nitrogens is 3. The minimum absolute atomic E-state index is 0.0755. The first kappa shape index (κ1) is 35.7. The largest absolute Gasteiger partial charge is 0.495 e. The summed E-state index contributed by atoms with van der Waals surface area (Å²) in [6.45, 7) is 8.15. The molecule has 2 aliphatic carbocycles. The molecule has 11 heteroatoms. The third kappa shape index (κ3) is 9.29. The molecule has 2 N–H and O–H groups in total. The van der Waals surface area contributed by atoms with Crippen LogP contribution in [0.5, 0.6) is 5.75 Å². The maximum atomic E-state index is 14.3. The molecule has 2 saturated carbocycles. The maximum absolute atomic E-state index is 14.3. The van der Waals surface area contributed by atoms with E-state index in [4.69, 9.17) is 26.1 Å². The summed E-state index contributed by atoms with van der Waals surface area (Å²) in [5.74, 6) is 1.99. The fourth-order valence-electron chi connectivity index (χ4n) is 6.81. The topological polar surface area (TPSA) is 119 Å². The smallest absolute Gasteiger partial charge is 0.407 e. The molecular formula is C37H50ClN5O5. The number of nitrogens with zero attached hydrogens (tertiary/aromatic N) is 4. The van der Waals surface area contributed by atoms with Crippen molar-refractivity contribution >= 4 is 29.4 Å². The number of amides is 2. The molecule has 2 amide bonds. The molecule has 48 heavy (non-hydrogen) atoms. The van der Waals surface area contributed by atoms with Gasteiger partial charge in [-0.25, -0.2) is 9.78 Å². The summed E-state index contributed by atoms with van der Waals surface area (Å²) in [4.78, 5) is 33.3. The highest BCUT2D eigenvalue weighted by Crippen LogP contribution is 2.39. The lowest BCUT2D eigenvalue weighted by atomic mass is 9.78. The quantitative estimate of drug-likeness (QED) is 0.215. The summed E-state index contributed by atoms with van der Waals surface area (Å²) in [6.07, 6.45) is 11.4. The van der Waals surface area contributed by atoms with Crippen molar-refractivity contribution in [3.05, 3.63) is 59.5 Å². The highest BCUT2D eigenvalue weighted by molar-refractivity contribution is 6.32. The number of hydrogen-bond acceptors (Lipinski definition) is 7. The Morgan fingerprint density at radius 1 is 1.06 bits per heavy atom. The summed E-state index contributed by atoms with van der Waals surface area (Å²) in [7, 11) is 1.63. The molecule has 260 valence electrons. The van der Waals surface area contributed by atoms with Crippen molar-refractivity contribution in [2.75, 3.05) is 25.1 Å². The highest BCUT2D eigenvalue weighted by atomic mass is 35.5. The molecule has 2 heterocycles. The number of nitrogens with one attached hydrogen (secondary N) is 1. The monoisotopic (exact) mass is 679 g/mol. The van der Waals surface area contributed by atoms with E-state index < -0.39 is 11.7 Å². The first-order valence-corrected chi connectivity index (χ1v) is 17.6. The van der Waals surface area contributed by atoms with Crippen LogP contribution in [0.15, 0.2) is 48.9 Å². The number of benzene rings is 1. The number of aliphatic hydroxyl groups is 1. The maximum Gasteiger partial charge on any atom is 0.407 e. The molecule has 0 spiro atoms. The van der Waals surface area contributed by atoms with Crippen LogP contribution in [0.3, 0.4) is 0 Å². The first-order chi connectivity index (χ1) is 22.9. The van der Waals surface area contributed by atoms with E-state index in [9.17, 15) is 14.7 Å². The van der Waals surface area contributed by atoms with Gasteiger partial charge in [-0.05, 0) is 126 Å². The molecule has 2 aliphatic rings. The van der Waals surface area contributed by atoms with Crippen LogP contribution in [-0.4, -0.2) is 63.8 Å². The summed E-state index contributed by atoms with van der Waals surface area (Å²) < 4.78 is 12.9. The van der Waals surface area contributed by atoms with E-state index in [-0.39, 0.29) is 30.5 Å². The van der Waals surface area contributed by atoms with Gasteiger partial charge in [0.1, 0.15) is 17.7 Å². The van der Waals surface area contributed by atoms with Crippen LogP contribution in [0.4, 0.5) is 10.6 Å². The van der Waals surface area contributed by atoms with Gasteiger partial charge in [0.25, 0.3) is 0 Å². The van der Waals surface area contributed by atoms with Crippen molar-refractivity contribution in [1.29, 1.82) is 0 Å². The lowest BCUT2D eigenvalue weighted by molar-refractivity contribution is -0.124. The Bertz CT molecular complexity index is 1540. The van der Waals surface area contributed by atoms with Crippen LogP contribution in [0, 0.1) is 11.8 Å². The van der Waals surface area contributed by atoms with Crippen molar-refractivity contribution in [1.82, 2.24) is 20.1 Å². The zero-order valence-corrected chi connectivity index (χ0v) is 29.6. The number of carbonyl (C=O) groups excluding carboxylic acids is 2. The second-order valence-electron chi connectivity index (χ2n) is 14.3. The minimum atomic E-state index is -1.02. The number of carbonyl (C=O) groups is 2. The van der Waals surface area contributed by atoms with Crippen LogP contribution in [0.2, 0.25) is 5.02 Å². The van der Waals surface area contributed by atoms with E-state index in [1.165, 1.54) is 5.56 Å². The average molecular weight is 680 g/mol. The molecule has 0 unspecified atom stereocenters. The number of anilines is 1. The third-order valence-electron chi connectivity index (χ3n) is 9.65. The molecule has 5 rings (SSSR count). The van der Waals surface area contributed by atoms with E-state index in [1.807, 2.05) is 46.2 Å². The lowest BCUT2D eigenvalue weighted by Crippen LogP contribution is -2.43. The molecule has 2 aromatic heterocycles. The van der Waals surface area contributed by atoms with Gasteiger partial charge >= 0.3 is 6.09 Å². The van der Waals surface area contributed by atoms with E-state index in [1.54, 1.807) is 27.2 Å². The van der Waals surface area contributed by atoms with Gasteiger partial charge < -0.3 is 19.9 Å². The molecule has 0 saturated heterocycles. The Hall–Kier alpha value is -3.63. The summed E-state index contributed by atoms with van der Waals surface area (Å²) in [6, 6.07) is 10.3. The number of ether oxygens (including phenoxy) is 2. The van der Waals surface area contributed by atoms with E-state index >= 15 is 0 Å². The van der Waals surface area contributed by atoms with Gasteiger partial charge in [0, 0.05) is 43.0 Å². The van der Waals surface area contributed by atoms with Gasteiger partial charge in [0.05, 0.1) is 23.9 Å². The fourth-order valence-corrected chi connectivity index (χ4v) is 7.08. The number of alkyl carbamates (subject to hydrolysis) is 1. The number of hydrogen-bond donors (Lipinski definition) is 2. The van der Waals surface area contributed by atoms with Crippen LogP contribution in [0.1, 0.15) is 96.6 Å². The zero-order chi connectivity index (χ0) is 34.4. The van der Waals surface area contributed by atoms with Crippen molar-refractivity contribution in [3.8, 4) is 16.9 Å². The van der Waals surface area contributed by atoms with Crippen molar-refractivity contribution < 1.29 is 24.2 Å².